The maximum atomic E-state index is 12.0. The number of para-hydroxylation sites is 2. The number of hydrogen-bond acceptors (Lipinski definition) is 7. The molecule has 0 spiro atoms. The number of pyridine rings is 1. The number of carbonyl (C=O) groups excluding carboxylic acids is 1. The zero-order chi connectivity index (χ0) is 25.5. The minimum absolute atomic E-state index is 0.475. The molecular weight excluding hydrogens is 462 g/mol. The van der Waals surface area contributed by atoms with Crippen LogP contribution < -0.4 is 25.6 Å². The van der Waals surface area contributed by atoms with Crippen molar-refractivity contribution in [3.05, 3.63) is 71.9 Å². The Balaban J connectivity index is 1.47. The van der Waals surface area contributed by atoms with Gasteiger partial charge in [-0.3, -0.25) is 0 Å². The van der Waals surface area contributed by atoms with Gasteiger partial charge in [0.15, 0.2) is 0 Å². The zero-order valence-corrected chi connectivity index (χ0v) is 21.4. The monoisotopic (exact) mass is 497 g/mol. The third-order valence-corrected chi connectivity index (χ3v) is 6.87. The summed E-state index contributed by atoms with van der Waals surface area (Å²) >= 11 is 0. The van der Waals surface area contributed by atoms with E-state index in [-0.39, 0.29) is 0 Å². The van der Waals surface area contributed by atoms with Crippen LogP contribution in [0.2, 0.25) is 0 Å². The highest BCUT2D eigenvalue weighted by Gasteiger charge is 2.23. The van der Waals surface area contributed by atoms with Crippen molar-refractivity contribution < 1.29 is 9.53 Å². The van der Waals surface area contributed by atoms with Crippen molar-refractivity contribution in [2.75, 3.05) is 43.0 Å². The standard InChI is InChI=1S/C30H35N5O2/c1-2-3-6-19-37-28-8-5-4-7-25(28)33-30-29-23(13-14-32-27(29)21-36)20-26(34-30)22-9-11-24(12-10-22)35-17-15-31-16-18-35/h4-5,7-14,20-21,27,31-32H,2-3,6,15-19H2,1H3,(H,33,34). The first-order chi connectivity index (χ1) is 18.3. The number of aldehydes is 1. The van der Waals surface area contributed by atoms with Gasteiger partial charge in [0, 0.05) is 43.0 Å². The van der Waals surface area contributed by atoms with Crippen LogP contribution in [-0.2, 0) is 4.79 Å². The molecule has 7 nitrogen and oxygen atoms in total. The Morgan fingerprint density at radius 3 is 2.70 bits per heavy atom. The number of aromatic nitrogens is 1. The molecule has 5 rings (SSSR count). The van der Waals surface area contributed by atoms with Gasteiger partial charge < -0.3 is 30.4 Å². The number of anilines is 3. The number of fused-ring (bicyclic) bond motifs is 1. The Morgan fingerprint density at radius 2 is 1.92 bits per heavy atom. The lowest BCUT2D eigenvalue weighted by atomic mass is 9.96. The van der Waals surface area contributed by atoms with Crippen molar-refractivity contribution in [2.45, 2.75) is 32.2 Å². The number of piperazine rings is 1. The van der Waals surface area contributed by atoms with E-state index in [1.165, 1.54) is 5.69 Å². The number of unbranched alkanes of at least 4 members (excludes halogenated alkanes) is 2. The van der Waals surface area contributed by atoms with Crippen LogP contribution >= 0.6 is 0 Å². The van der Waals surface area contributed by atoms with Gasteiger partial charge in [-0.15, -0.1) is 0 Å². The highest BCUT2D eigenvalue weighted by Crippen LogP contribution is 2.36. The van der Waals surface area contributed by atoms with Gasteiger partial charge in [-0.05, 0) is 54.6 Å². The molecule has 7 heteroatoms. The molecule has 3 N–H and O–H groups in total. The van der Waals surface area contributed by atoms with E-state index in [0.29, 0.717) is 12.4 Å². The van der Waals surface area contributed by atoms with Crippen LogP contribution in [0.3, 0.4) is 0 Å². The molecule has 1 saturated heterocycles. The first kappa shape index (κ1) is 24.8. The molecule has 1 unspecified atom stereocenters. The predicted octanol–water partition coefficient (Wildman–Crippen LogP) is 5.28. The average Bonchev–Trinajstić information content (AvgIpc) is 2.96. The molecular formula is C30H35N5O2. The SMILES string of the molecule is CCCCCOc1ccccc1Nc1nc(-c2ccc(N3CCNCC3)cc2)cc2c1C(C=O)NC=C2. The lowest BCUT2D eigenvalue weighted by Gasteiger charge is -2.29. The predicted molar refractivity (Wildman–Crippen MR) is 150 cm³/mol. The van der Waals surface area contributed by atoms with Crippen molar-refractivity contribution in [3.8, 4) is 17.0 Å². The van der Waals surface area contributed by atoms with Gasteiger partial charge in [0.25, 0.3) is 0 Å². The molecule has 192 valence electrons. The Hall–Kier alpha value is -3.84. The number of nitrogens with zero attached hydrogens (tertiary/aromatic N) is 2. The number of ether oxygens (including phenoxy) is 1. The fourth-order valence-electron chi connectivity index (χ4n) is 4.84. The molecule has 3 aromatic rings. The fourth-order valence-corrected chi connectivity index (χ4v) is 4.84. The first-order valence-electron chi connectivity index (χ1n) is 13.2. The number of nitrogens with one attached hydrogen (secondary N) is 3. The molecule has 1 fully saturated rings. The minimum atomic E-state index is -0.475. The number of benzene rings is 2. The molecule has 0 radical (unpaired) electrons. The van der Waals surface area contributed by atoms with Crippen molar-refractivity contribution >= 4 is 29.6 Å². The summed E-state index contributed by atoms with van der Waals surface area (Å²) in [4.78, 5) is 19.4. The van der Waals surface area contributed by atoms with E-state index in [2.05, 4.69) is 58.1 Å². The van der Waals surface area contributed by atoms with E-state index in [9.17, 15) is 4.79 Å². The summed E-state index contributed by atoms with van der Waals surface area (Å²) in [7, 11) is 0. The minimum Gasteiger partial charge on any atom is -0.491 e. The first-order valence-corrected chi connectivity index (χ1v) is 13.2. The normalized spacial score (nSPS) is 16.6. The molecule has 2 aromatic carbocycles. The van der Waals surface area contributed by atoms with Crippen molar-refractivity contribution in [3.63, 3.8) is 0 Å². The Morgan fingerprint density at radius 1 is 1.11 bits per heavy atom. The van der Waals surface area contributed by atoms with E-state index in [0.717, 1.165) is 85.5 Å². The summed E-state index contributed by atoms with van der Waals surface area (Å²) in [6, 6.07) is 18.1. The molecule has 1 atom stereocenters. The van der Waals surface area contributed by atoms with Gasteiger partial charge in [0.1, 0.15) is 23.9 Å². The molecule has 37 heavy (non-hydrogen) atoms. The molecule has 2 aliphatic rings. The summed E-state index contributed by atoms with van der Waals surface area (Å²) in [6.07, 6.45) is 8.04. The van der Waals surface area contributed by atoms with Gasteiger partial charge in [0.2, 0.25) is 0 Å². The maximum absolute atomic E-state index is 12.0. The Bertz CT molecular complexity index is 1240. The van der Waals surface area contributed by atoms with Gasteiger partial charge in [0.05, 0.1) is 18.0 Å². The van der Waals surface area contributed by atoms with Crippen LogP contribution in [0.4, 0.5) is 17.2 Å². The average molecular weight is 498 g/mol. The molecule has 2 aliphatic heterocycles. The quantitative estimate of drug-likeness (QED) is 0.260. The van der Waals surface area contributed by atoms with Gasteiger partial charge in [-0.2, -0.15) is 0 Å². The van der Waals surface area contributed by atoms with E-state index in [4.69, 9.17) is 9.72 Å². The second-order valence-electron chi connectivity index (χ2n) is 9.43. The lowest BCUT2D eigenvalue weighted by Crippen LogP contribution is -2.43. The van der Waals surface area contributed by atoms with E-state index in [1.54, 1.807) is 0 Å². The molecule has 0 aliphatic carbocycles. The molecule has 0 bridgehead atoms. The summed E-state index contributed by atoms with van der Waals surface area (Å²) in [5.74, 6) is 1.43. The highest BCUT2D eigenvalue weighted by molar-refractivity contribution is 5.81. The summed E-state index contributed by atoms with van der Waals surface area (Å²) in [6.45, 7) is 6.88. The van der Waals surface area contributed by atoms with Gasteiger partial charge >= 0.3 is 0 Å². The summed E-state index contributed by atoms with van der Waals surface area (Å²) in [5, 5.41) is 10.0. The van der Waals surface area contributed by atoms with Crippen LogP contribution in [0.1, 0.15) is 43.4 Å². The third-order valence-electron chi connectivity index (χ3n) is 6.87. The van der Waals surface area contributed by atoms with Crippen LogP contribution in [-0.4, -0.2) is 44.1 Å². The number of carbonyl (C=O) groups is 1. The van der Waals surface area contributed by atoms with Crippen LogP contribution in [0.15, 0.2) is 60.8 Å². The lowest BCUT2D eigenvalue weighted by molar-refractivity contribution is -0.109. The topological polar surface area (TPSA) is 78.5 Å². The van der Waals surface area contributed by atoms with Crippen LogP contribution in [0, 0.1) is 0 Å². The van der Waals surface area contributed by atoms with E-state index in [1.807, 2.05) is 36.5 Å². The highest BCUT2D eigenvalue weighted by atomic mass is 16.5. The maximum Gasteiger partial charge on any atom is 0.146 e. The second kappa shape index (κ2) is 11.9. The molecule has 0 saturated carbocycles. The molecule has 1 aromatic heterocycles. The van der Waals surface area contributed by atoms with Gasteiger partial charge in [-0.1, -0.05) is 44.0 Å². The van der Waals surface area contributed by atoms with Gasteiger partial charge in [-0.25, -0.2) is 4.98 Å². The molecule has 0 amide bonds. The van der Waals surface area contributed by atoms with E-state index < -0.39 is 6.04 Å². The molecule has 3 heterocycles. The Kier molecular flexibility index (Phi) is 8.01. The summed E-state index contributed by atoms with van der Waals surface area (Å²) < 4.78 is 6.10. The van der Waals surface area contributed by atoms with Crippen LogP contribution in [0.25, 0.3) is 17.3 Å². The van der Waals surface area contributed by atoms with Crippen molar-refractivity contribution in [1.82, 2.24) is 15.6 Å². The van der Waals surface area contributed by atoms with E-state index >= 15 is 0 Å². The second-order valence-corrected chi connectivity index (χ2v) is 9.43. The van der Waals surface area contributed by atoms with Crippen molar-refractivity contribution in [2.24, 2.45) is 0 Å². The Labute approximate surface area is 218 Å². The number of rotatable bonds is 10. The van der Waals surface area contributed by atoms with Crippen LogP contribution in [0.5, 0.6) is 5.75 Å². The summed E-state index contributed by atoms with van der Waals surface area (Å²) in [5.41, 5.74) is 5.74. The smallest absolute Gasteiger partial charge is 0.146 e. The van der Waals surface area contributed by atoms with Crippen molar-refractivity contribution in [1.29, 1.82) is 0 Å². The fraction of sp³-hybridized carbons (Fsp3) is 0.333. The largest absolute Gasteiger partial charge is 0.491 e. The third kappa shape index (κ3) is 5.78. The zero-order valence-electron chi connectivity index (χ0n) is 21.4. The number of hydrogen-bond donors (Lipinski definition) is 3.